The van der Waals surface area contributed by atoms with Crippen LogP contribution in [0.3, 0.4) is 0 Å². The SMILES string of the molecule is C[SiH](C)[Zr]([Cl])([Cl])([NH]C(=O)C(C)(C)C)[c]1cccc2c1Cc1ccccc1-2. The number of benzene rings is 2. The molecule has 1 aliphatic rings. The summed E-state index contributed by atoms with van der Waals surface area (Å²) in [6.07, 6.45) is 0.831. The average Bonchev–Trinajstić information content (AvgIpc) is 2.92. The molecule has 0 heterocycles. The van der Waals surface area contributed by atoms with Crippen LogP contribution < -0.4 is 6.53 Å². The van der Waals surface area contributed by atoms with E-state index in [4.69, 9.17) is 17.0 Å². The summed E-state index contributed by atoms with van der Waals surface area (Å²) >= 11 is -4.68. The minimum absolute atomic E-state index is 0.0533. The molecule has 0 aromatic heterocycles. The molecule has 2 aromatic carbocycles. The monoisotopic (exact) mass is 484 g/mol. The first-order valence-electron chi connectivity index (χ1n) is 9.05. The van der Waals surface area contributed by atoms with Crippen LogP contribution in [-0.4, -0.2) is 11.8 Å². The van der Waals surface area contributed by atoms with E-state index in [1.54, 1.807) is 0 Å². The number of nitrogens with one attached hydrogen (secondary N) is 1. The number of carbonyl (C=O) groups excluding carboxylic acids is 1. The third-order valence-corrected chi connectivity index (χ3v) is 49.3. The normalized spacial score (nSPS) is 15.2. The Hall–Kier alpha value is -0.410. The van der Waals surface area contributed by atoms with E-state index in [9.17, 15) is 4.79 Å². The van der Waals surface area contributed by atoms with Crippen molar-refractivity contribution < 1.29 is 20.6 Å². The number of hydrogen-bond acceptors (Lipinski definition) is 1. The van der Waals surface area contributed by atoms with Crippen molar-refractivity contribution in [2.24, 2.45) is 5.41 Å². The van der Waals surface area contributed by atoms with Gasteiger partial charge >= 0.3 is 166 Å². The molecule has 1 N–H and O–H groups in total. The molecule has 0 atom stereocenters. The minimum atomic E-state index is -4.68. The van der Waals surface area contributed by atoms with Crippen LogP contribution >= 0.6 is 17.0 Å². The molecule has 0 bridgehead atoms. The van der Waals surface area contributed by atoms with Crippen LogP contribution in [0.1, 0.15) is 31.9 Å². The molecule has 0 spiro atoms. The number of rotatable bonds is 3. The molecule has 139 valence electrons. The van der Waals surface area contributed by atoms with Crippen LogP contribution in [0, 0.1) is 5.41 Å². The third-order valence-electron chi connectivity index (χ3n) is 5.38. The standard InChI is InChI=1S/C13H9.C5H11NO.C2H7Si.2ClH.Zr/c1-3-7-12-10(5-1)9-11-6-2-4-8-13(11)12;1-5(2,3)4(6)7;1-3-2;;;/h1-5,7-8H,9H2;1-3H3,(H2,6,7);3H,1-2H3;2*1H;/q;;;;;+3/p-3. The van der Waals surface area contributed by atoms with Gasteiger partial charge in [0.2, 0.25) is 0 Å². The zero-order chi connectivity index (χ0) is 19.4. The third kappa shape index (κ3) is 3.28. The van der Waals surface area contributed by atoms with E-state index in [1.165, 1.54) is 22.3 Å². The van der Waals surface area contributed by atoms with Crippen molar-refractivity contribution in [3.8, 4) is 11.1 Å². The molecule has 6 heteroatoms. The molecule has 0 saturated heterocycles. The molecule has 0 unspecified atom stereocenters. The van der Waals surface area contributed by atoms with Crippen molar-refractivity contribution in [3.05, 3.63) is 53.6 Å². The first kappa shape index (κ1) is 20.3. The van der Waals surface area contributed by atoms with Crippen LogP contribution in [0.2, 0.25) is 13.1 Å². The van der Waals surface area contributed by atoms with Gasteiger partial charge in [0.05, 0.1) is 0 Å². The Morgan fingerprint density at radius 3 is 2.27 bits per heavy atom. The van der Waals surface area contributed by atoms with E-state index in [0.717, 1.165) is 9.69 Å². The topological polar surface area (TPSA) is 29.1 Å². The van der Waals surface area contributed by atoms with Crippen molar-refractivity contribution in [3.63, 3.8) is 0 Å². The van der Waals surface area contributed by atoms with E-state index < -0.39 is 27.2 Å². The number of halogens is 2. The van der Waals surface area contributed by atoms with Gasteiger partial charge in [-0.3, -0.25) is 0 Å². The second-order valence-corrected chi connectivity index (χ2v) is 48.3. The Labute approximate surface area is 165 Å². The van der Waals surface area contributed by atoms with Crippen LogP contribution in [0.15, 0.2) is 42.5 Å². The van der Waals surface area contributed by atoms with Crippen molar-refractivity contribution >= 4 is 32.1 Å². The predicted octanol–water partition coefficient (Wildman–Crippen LogP) is 4.94. The Morgan fingerprint density at radius 2 is 1.65 bits per heavy atom. The van der Waals surface area contributed by atoms with Gasteiger partial charge in [0.15, 0.2) is 0 Å². The van der Waals surface area contributed by atoms with E-state index in [2.05, 4.69) is 52.8 Å². The Morgan fingerprint density at radius 1 is 1.04 bits per heavy atom. The van der Waals surface area contributed by atoms with Gasteiger partial charge in [0.1, 0.15) is 0 Å². The molecule has 26 heavy (non-hydrogen) atoms. The van der Waals surface area contributed by atoms with Gasteiger partial charge in [-0.15, -0.1) is 0 Å². The number of amides is 1. The second-order valence-electron chi connectivity index (χ2n) is 8.61. The van der Waals surface area contributed by atoms with Crippen LogP contribution in [-0.2, 0) is 27.1 Å². The summed E-state index contributed by atoms with van der Waals surface area (Å²) in [6, 6.07) is 14.7. The second kappa shape index (κ2) is 6.58. The quantitative estimate of drug-likeness (QED) is 0.522. The maximum absolute atomic E-state index is 12.9. The van der Waals surface area contributed by atoms with Gasteiger partial charge in [-0.1, -0.05) is 0 Å². The van der Waals surface area contributed by atoms with E-state index in [0.29, 0.717) is 0 Å². The van der Waals surface area contributed by atoms with E-state index in [1.807, 2.05) is 26.8 Å². The summed E-state index contributed by atoms with van der Waals surface area (Å²) in [6.45, 7) is 10.0. The number of carbonyl (C=O) groups is 1. The summed E-state index contributed by atoms with van der Waals surface area (Å²) < 4.78 is 4.28. The fraction of sp³-hybridized carbons (Fsp3) is 0.350. The summed E-state index contributed by atoms with van der Waals surface area (Å²) in [4.78, 5) is 12.9. The zero-order valence-electron chi connectivity index (χ0n) is 16.0. The Bertz CT molecular complexity index is 890. The first-order valence-corrected chi connectivity index (χ1v) is 25.0. The fourth-order valence-electron chi connectivity index (χ4n) is 3.50. The average molecular weight is 487 g/mol. The molecule has 0 aliphatic heterocycles. The summed E-state index contributed by atoms with van der Waals surface area (Å²) in [5, 5.41) is 0. The molecule has 0 fully saturated rings. The molecule has 2 nitrogen and oxygen atoms in total. The van der Waals surface area contributed by atoms with Crippen LogP contribution in [0.4, 0.5) is 0 Å². The summed E-state index contributed by atoms with van der Waals surface area (Å²) in [5.41, 5.74) is 4.44. The molecule has 1 amide bonds. The summed E-state index contributed by atoms with van der Waals surface area (Å²) in [5.74, 6) is -1.65. The number of fused-ring (bicyclic) bond motifs is 3. The van der Waals surface area contributed by atoms with Gasteiger partial charge in [0, 0.05) is 0 Å². The molecule has 0 saturated carbocycles. The van der Waals surface area contributed by atoms with Gasteiger partial charge < -0.3 is 0 Å². The van der Waals surface area contributed by atoms with Gasteiger partial charge in [-0.25, -0.2) is 0 Å². The number of hydrogen-bond donors (Lipinski definition) is 1. The molecular weight excluding hydrogens is 460 g/mol. The van der Waals surface area contributed by atoms with Gasteiger partial charge in [0.25, 0.3) is 0 Å². The molecule has 3 rings (SSSR count). The van der Waals surface area contributed by atoms with Crippen molar-refractivity contribution in [1.82, 2.24) is 3.26 Å². The van der Waals surface area contributed by atoms with Crippen molar-refractivity contribution in [2.45, 2.75) is 40.3 Å². The molecular formula is C20H26Cl2NOSiZr. The molecule has 0 radical (unpaired) electrons. The molecule has 1 aliphatic carbocycles. The zero-order valence-corrected chi connectivity index (χ0v) is 21.1. The van der Waals surface area contributed by atoms with Crippen molar-refractivity contribution in [1.29, 1.82) is 0 Å². The van der Waals surface area contributed by atoms with Gasteiger partial charge in [-0.05, 0) is 0 Å². The van der Waals surface area contributed by atoms with Crippen LogP contribution in [0.25, 0.3) is 11.1 Å². The Balaban J connectivity index is 2.19. The Kier molecular flexibility index (Phi) is 5.15. The van der Waals surface area contributed by atoms with E-state index in [-0.39, 0.29) is 5.91 Å². The van der Waals surface area contributed by atoms with Crippen molar-refractivity contribution in [2.75, 3.05) is 0 Å². The fourth-order valence-corrected chi connectivity index (χ4v) is 21.8. The van der Waals surface area contributed by atoms with E-state index >= 15 is 0 Å². The first-order chi connectivity index (χ1) is 11.9. The molecule has 2 aromatic rings. The predicted molar refractivity (Wildman–Crippen MR) is 112 cm³/mol. The van der Waals surface area contributed by atoms with Gasteiger partial charge in [-0.2, -0.15) is 0 Å². The van der Waals surface area contributed by atoms with Crippen LogP contribution in [0.5, 0.6) is 0 Å². The summed E-state index contributed by atoms with van der Waals surface area (Å²) in [7, 11) is 14.8. The maximum atomic E-state index is 12.9.